The van der Waals surface area contributed by atoms with E-state index in [1.807, 2.05) is 6.92 Å². The fourth-order valence-electron chi connectivity index (χ4n) is 1.90. The first-order valence-electron chi connectivity index (χ1n) is 6.55. The number of nitrogens with one attached hydrogen (secondary N) is 1. The first-order valence-corrected chi connectivity index (χ1v) is 6.55. The first-order chi connectivity index (χ1) is 8.19. The molecule has 0 atom stereocenters. The molecule has 0 spiro atoms. The number of aryl methyl sites for hydroxylation is 1. The Balaban J connectivity index is 2.73. The van der Waals surface area contributed by atoms with E-state index >= 15 is 0 Å². The predicted molar refractivity (Wildman–Crippen MR) is 73.2 cm³/mol. The van der Waals surface area contributed by atoms with Gasteiger partial charge in [0, 0.05) is 17.8 Å². The molecule has 1 aromatic rings. The maximum atomic E-state index is 5.69. The van der Waals surface area contributed by atoms with Crippen LogP contribution in [-0.4, -0.2) is 16.5 Å². The standard InChI is InChI=1S/C13H24N4/c1-4-6-7-9-15-12-11(8-5-2)10(3)16-13(14)17-12/h4-9H2,1-3H3,(H3,14,15,16,17). The van der Waals surface area contributed by atoms with Gasteiger partial charge in [0.2, 0.25) is 5.95 Å². The average molecular weight is 236 g/mol. The summed E-state index contributed by atoms with van der Waals surface area (Å²) < 4.78 is 0. The predicted octanol–water partition coefficient (Wildman–Crippen LogP) is 2.92. The fraction of sp³-hybridized carbons (Fsp3) is 0.692. The van der Waals surface area contributed by atoms with Crippen LogP contribution in [0.3, 0.4) is 0 Å². The van der Waals surface area contributed by atoms with Gasteiger partial charge in [-0.05, 0) is 19.8 Å². The van der Waals surface area contributed by atoms with Gasteiger partial charge in [0.05, 0.1) is 0 Å². The number of nitrogens with two attached hydrogens (primary N) is 1. The zero-order valence-corrected chi connectivity index (χ0v) is 11.2. The molecule has 1 aromatic heterocycles. The van der Waals surface area contributed by atoms with Crippen LogP contribution in [0.2, 0.25) is 0 Å². The summed E-state index contributed by atoms with van der Waals surface area (Å²) in [4.78, 5) is 8.53. The number of hydrogen-bond donors (Lipinski definition) is 2. The summed E-state index contributed by atoms with van der Waals surface area (Å²) in [6.45, 7) is 7.33. The lowest BCUT2D eigenvalue weighted by atomic mass is 10.1. The summed E-state index contributed by atoms with van der Waals surface area (Å²) in [6.07, 6.45) is 5.75. The van der Waals surface area contributed by atoms with Gasteiger partial charge in [0.15, 0.2) is 0 Å². The molecule has 0 saturated carbocycles. The molecule has 0 fully saturated rings. The molecular formula is C13H24N4. The highest BCUT2D eigenvalue weighted by Gasteiger charge is 2.09. The van der Waals surface area contributed by atoms with Crippen LogP contribution < -0.4 is 11.1 Å². The van der Waals surface area contributed by atoms with Gasteiger partial charge in [0.1, 0.15) is 5.82 Å². The van der Waals surface area contributed by atoms with Gasteiger partial charge in [-0.15, -0.1) is 0 Å². The number of aromatic nitrogens is 2. The van der Waals surface area contributed by atoms with Crippen LogP contribution in [0.15, 0.2) is 0 Å². The summed E-state index contributed by atoms with van der Waals surface area (Å²) in [5, 5.41) is 3.38. The van der Waals surface area contributed by atoms with Crippen molar-refractivity contribution in [3.05, 3.63) is 11.3 Å². The molecule has 0 aliphatic rings. The summed E-state index contributed by atoms with van der Waals surface area (Å²) in [5.74, 6) is 1.29. The molecule has 0 amide bonds. The van der Waals surface area contributed by atoms with Crippen molar-refractivity contribution in [2.75, 3.05) is 17.6 Å². The summed E-state index contributed by atoms with van der Waals surface area (Å²) in [6, 6.07) is 0. The molecular weight excluding hydrogens is 212 g/mol. The molecule has 0 aliphatic heterocycles. The van der Waals surface area contributed by atoms with Gasteiger partial charge in [-0.25, -0.2) is 4.98 Å². The van der Waals surface area contributed by atoms with Crippen LogP contribution in [0.4, 0.5) is 11.8 Å². The molecule has 1 heterocycles. The minimum atomic E-state index is 0.361. The highest BCUT2D eigenvalue weighted by molar-refractivity contribution is 5.49. The molecule has 3 N–H and O–H groups in total. The van der Waals surface area contributed by atoms with Gasteiger partial charge in [0.25, 0.3) is 0 Å². The number of hydrogen-bond acceptors (Lipinski definition) is 4. The molecule has 0 aliphatic carbocycles. The van der Waals surface area contributed by atoms with Gasteiger partial charge >= 0.3 is 0 Å². The van der Waals surface area contributed by atoms with Crippen LogP contribution in [0, 0.1) is 6.92 Å². The van der Waals surface area contributed by atoms with Crippen molar-refractivity contribution in [2.45, 2.75) is 52.9 Å². The molecule has 0 bridgehead atoms. The van der Waals surface area contributed by atoms with E-state index in [-0.39, 0.29) is 0 Å². The third-order valence-electron chi connectivity index (χ3n) is 2.80. The van der Waals surface area contributed by atoms with E-state index in [1.54, 1.807) is 0 Å². The Kier molecular flexibility index (Phi) is 5.73. The van der Waals surface area contributed by atoms with Crippen molar-refractivity contribution < 1.29 is 0 Å². The Morgan fingerprint density at radius 2 is 1.88 bits per heavy atom. The number of unbranched alkanes of at least 4 members (excludes halogenated alkanes) is 2. The third-order valence-corrected chi connectivity index (χ3v) is 2.80. The van der Waals surface area contributed by atoms with Crippen LogP contribution in [0.5, 0.6) is 0 Å². The quantitative estimate of drug-likeness (QED) is 0.714. The molecule has 1 rings (SSSR count). The summed E-state index contributed by atoms with van der Waals surface area (Å²) in [5.41, 5.74) is 7.90. The van der Waals surface area contributed by atoms with E-state index in [0.29, 0.717) is 5.95 Å². The van der Waals surface area contributed by atoms with Gasteiger partial charge in [-0.3, -0.25) is 0 Å². The maximum absolute atomic E-state index is 5.69. The Morgan fingerprint density at radius 3 is 2.53 bits per heavy atom. The number of rotatable bonds is 7. The SMILES string of the molecule is CCCCCNc1nc(N)nc(C)c1CCC. The zero-order chi connectivity index (χ0) is 12.7. The van der Waals surface area contributed by atoms with Crippen molar-refractivity contribution in [1.82, 2.24) is 9.97 Å². The van der Waals surface area contributed by atoms with Crippen molar-refractivity contribution in [2.24, 2.45) is 0 Å². The average Bonchev–Trinajstić information content (AvgIpc) is 2.29. The van der Waals surface area contributed by atoms with Gasteiger partial charge < -0.3 is 11.1 Å². The first kappa shape index (κ1) is 13.7. The second-order valence-corrected chi connectivity index (χ2v) is 4.38. The Labute approximate surface area is 104 Å². The molecule has 4 heteroatoms. The molecule has 0 aromatic carbocycles. The van der Waals surface area contributed by atoms with Crippen molar-refractivity contribution in [3.8, 4) is 0 Å². The van der Waals surface area contributed by atoms with Crippen molar-refractivity contribution in [3.63, 3.8) is 0 Å². The lowest BCUT2D eigenvalue weighted by molar-refractivity contribution is 0.740. The fourth-order valence-corrected chi connectivity index (χ4v) is 1.90. The maximum Gasteiger partial charge on any atom is 0.222 e. The van der Waals surface area contributed by atoms with Crippen LogP contribution in [0.1, 0.15) is 50.8 Å². The monoisotopic (exact) mass is 236 g/mol. The molecule has 0 radical (unpaired) electrons. The van der Waals surface area contributed by atoms with Crippen LogP contribution >= 0.6 is 0 Å². The largest absolute Gasteiger partial charge is 0.370 e. The third kappa shape index (κ3) is 4.21. The summed E-state index contributed by atoms with van der Waals surface area (Å²) >= 11 is 0. The molecule has 0 saturated heterocycles. The van der Waals surface area contributed by atoms with Crippen molar-refractivity contribution in [1.29, 1.82) is 0 Å². The highest BCUT2D eigenvalue weighted by atomic mass is 15.1. The van der Waals surface area contributed by atoms with Crippen molar-refractivity contribution >= 4 is 11.8 Å². The van der Waals surface area contributed by atoms with Crippen LogP contribution in [0.25, 0.3) is 0 Å². The number of anilines is 2. The Hall–Kier alpha value is -1.32. The Bertz CT molecular complexity index is 350. The summed E-state index contributed by atoms with van der Waals surface area (Å²) in [7, 11) is 0. The van der Waals surface area contributed by atoms with E-state index in [0.717, 1.165) is 30.9 Å². The Morgan fingerprint density at radius 1 is 1.12 bits per heavy atom. The molecule has 96 valence electrons. The second kappa shape index (κ2) is 7.09. The van der Waals surface area contributed by atoms with Crippen LogP contribution in [-0.2, 0) is 6.42 Å². The van der Waals surface area contributed by atoms with E-state index in [1.165, 1.54) is 24.8 Å². The zero-order valence-electron chi connectivity index (χ0n) is 11.2. The van der Waals surface area contributed by atoms with E-state index < -0.39 is 0 Å². The van der Waals surface area contributed by atoms with Gasteiger partial charge in [-0.2, -0.15) is 4.98 Å². The minimum Gasteiger partial charge on any atom is -0.370 e. The topological polar surface area (TPSA) is 63.8 Å². The molecule has 17 heavy (non-hydrogen) atoms. The second-order valence-electron chi connectivity index (χ2n) is 4.38. The smallest absolute Gasteiger partial charge is 0.222 e. The molecule has 0 unspecified atom stereocenters. The number of nitrogen functional groups attached to an aromatic ring is 1. The minimum absolute atomic E-state index is 0.361. The normalized spacial score (nSPS) is 10.5. The lowest BCUT2D eigenvalue weighted by Crippen LogP contribution is -2.11. The van der Waals surface area contributed by atoms with E-state index in [4.69, 9.17) is 5.73 Å². The lowest BCUT2D eigenvalue weighted by Gasteiger charge is -2.13. The van der Waals surface area contributed by atoms with E-state index in [2.05, 4.69) is 29.1 Å². The van der Waals surface area contributed by atoms with Gasteiger partial charge in [-0.1, -0.05) is 33.1 Å². The highest BCUT2D eigenvalue weighted by Crippen LogP contribution is 2.19. The number of nitrogens with zero attached hydrogens (tertiary/aromatic N) is 2. The molecule has 4 nitrogen and oxygen atoms in total. The van der Waals surface area contributed by atoms with E-state index in [9.17, 15) is 0 Å².